The second kappa shape index (κ2) is 8.65. The van der Waals surface area contributed by atoms with Crippen molar-refractivity contribution in [2.75, 3.05) is 11.1 Å². The van der Waals surface area contributed by atoms with Crippen LogP contribution in [0, 0.1) is 13.8 Å². The molecule has 0 aliphatic rings. The van der Waals surface area contributed by atoms with E-state index >= 15 is 0 Å². The van der Waals surface area contributed by atoms with E-state index < -0.39 is 0 Å². The van der Waals surface area contributed by atoms with Crippen LogP contribution in [0.5, 0.6) is 0 Å². The summed E-state index contributed by atoms with van der Waals surface area (Å²) in [6, 6.07) is 13.8. The van der Waals surface area contributed by atoms with Crippen LogP contribution in [0.3, 0.4) is 0 Å². The largest absolute Gasteiger partial charge is 0.453 e. The zero-order valence-corrected chi connectivity index (χ0v) is 19.3. The van der Waals surface area contributed by atoms with Gasteiger partial charge in [0.05, 0.1) is 5.75 Å². The molecule has 8 heteroatoms. The van der Waals surface area contributed by atoms with Crippen molar-refractivity contribution in [2.24, 2.45) is 0 Å². The maximum Gasteiger partial charge on any atom is 0.234 e. The maximum absolute atomic E-state index is 12.5. The van der Waals surface area contributed by atoms with Crippen molar-refractivity contribution in [1.82, 2.24) is 14.8 Å². The number of benzene rings is 2. The average Bonchev–Trinajstić information content (AvgIpc) is 3.32. The summed E-state index contributed by atoms with van der Waals surface area (Å²) >= 11 is 4.84. The standard InChI is InChI=1S/C22H21BrN4O2S/c1-4-27-21(18-11-15-10-16(23)8-9-17(15)29-18)25-26-22(27)30-12-19(28)24-20-13(2)6-5-7-14(20)3/h5-11H,4,12H2,1-3H3,(H,24,28). The third-order valence-corrected chi connectivity index (χ3v) is 6.27. The molecular formula is C22H21BrN4O2S. The fourth-order valence-electron chi connectivity index (χ4n) is 3.30. The van der Waals surface area contributed by atoms with Gasteiger partial charge in [0.1, 0.15) is 5.58 Å². The van der Waals surface area contributed by atoms with Crippen molar-refractivity contribution in [3.8, 4) is 11.6 Å². The third-order valence-electron chi connectivity index (χ3n) is 4.81. The Morgan fingerprint density at radius 1 is 1.17 bits per heavy atom. The highest BCUT2D eigenvalue weighted by Gasteiger charge is 2.18. The lowest BCUT2D eigenvalue weighted by Crippen LogP contribution is -2.16. The van der Waals surface area contributed by atoms with E-state index in [2.05, 4.69) is 31.4 Å². The van der Waals surface area contributed by atoms with Crippen molar-refractivity contribution in [3.63, 3.8) is 0 Å². The highest BCUT2D eigenvalue weighted by atomic mass is 79.9. The van der Waals surface area contributed by atoms with Gasteiger partial charge in [0, 0.05) is 22.1 Å². The summed E-state index contributed by atoms with van der Waals surface area (Å²) in [7, 11) is 0. The van der Waals surface area contributed by atoms with Gasteiger partial charge in [0.15, 0.2) is 10.9 Å². The van der Waals surface area contributed by atoms with Crippen LogP contribution >= 0.6 is 27.7 Å². The molecule has 2 aromatic heterocycles. The van der Waals surface area contributed by atoms with Crippen LogP contribution in [0.25, 0.3) is 22.6 Å². The summed E-state index contributed by atoms with van der Waals surface area (Å²) in [5.41, 5.74) is 3.75. The van der Waals surface area contributed by atoms with Gasteiger partial charge in [-0.1, -0.05) is 45.9 Å². The van der Waals surface area contributed by atoms with E-state index in [9.17, 15) is 4.79 Å². The minimum atomic E-state index is -0.0711. The Labute approximate surface area is 187 Å². The normalized spacial score (nSPS) is 11.2. The number of fused-ring (bicyclic) bond motifs is 1. The first kappa shape index (κ1) is 20.7. The van der Waals surface area contributed by atoms with E-state index in [4.69, 9.17) is 4.42 Å². The van der Waals surface area contributed by atoms with Crippen LogP contribution < -0.4 is 5.32 Å². The molecule has 0 radical (unpaired) electrons. The Bertz CT molecular complexity index is 1210. The highest BCUT2D eigenvalue weighted by Crippen LogP contribution is 2.31. The highest BCUT2D eigenvalue weighted by molar-refractivity contribution is 9.10. The Morgan fingerprint density at radius 2 is 1.93 bits per heavy atom. The fourth-order valence-corrected chi connectivity index (χ4v) is 4.49. The maximum atomic E-state index is 12.5. The first-order valence-electron chi connectivity index (χ1n) is 9.57. The number of aromatic nitrogens is 3. The van der Waals surface area contributed by atoms with Gasteiger partial charge in [-0.3, -0.25) is 9.36 Å². The van der Waals surface area contributed by atoms with Gasteiger partial charge >= 0.3 is 0 Å². The summed E-state index contributed by atoms with van der Waals surface area (Å²) in [6.07, 6.45) is 0. The molecule has 0 spiro atoms. The Kier molecular flexibility index (Phi) is 5.97. The van der Waals surface area contributed by atoms with Gasteiger partial charge in [-0.25, -0.2) is 0 Å². The number of hydrogen-bond acceptors (Lipinski definition) is 5. The van der Waals surface area contributed by atoms with E-state index in [0.717, 1.165) is 32.3 Å². The van der Waals surface area contributed by atoms with E-state index in [1.807, 2.05) is 67.8 Å². The first-order chi connectivity index (χ1) is 14.5. The molecule has 2 heterocycles. The molecule has 0 saturated carbocycles. The molecule has 1 N–H and O–H groups in total. The van der Waals surface area contributed by atoms with E-state index in [0.29, 0.717) is 23.3 Å². The number of hydrogen-bond donors (Lipinski definition) is 1. The van der Waals surface area contributed by atoms with Crippen LogP contribution in [0.1, 0.15) is 18.1 Å². The molecule has 30 heavy (non-hydrogen) atoms. The number of furan rings is 1. The molecule has 0 unspecified atom stereocenters. The molecule has 154 valence electrons. The lowest BCUT2D eigenvalue weighted by atomic mass is 10.1. The van der Waals surface area contributed by atoms with E-state index in [1.54, 1.807) is 0 Å². The van der Waals surface area contributed by atoms with Gasteiger partial charge in [-0.15, -0.1) is 10.2 Å². The minimum absolute atomic E-state index is 0.0711. The number of carbonyl (C=O) groups excluding carboxylic acids is 1. The van der Waals surface area contributed by atoms with Crippen molar-refractivity contribution in [2.45, 2.75) is 32.5 Å². The van der Waals surface area contributed by atoms with Gasteiger partial charge in [-0.05, 0) is 56.2 Å². The van der Waals surface area contributed by atoms with Crippen molar-refractivity contribution < 1.29 is 9.21 Å². The second-order valence-corrected chi connectivity index (χ2v) is 8.81. The molecule has 2 aromatic carbocycles. The summed E-state index contributed by atoms with van der Waals surface area (Å²) in [5, 5.41) is 13.3. The number of para-hydroxylation sites is 1. The summed E-state index contributed by atoms with van der Waals surface area (Å²) in [5.74, 6) is 1.49. The SMILES string of the molecule is CCn1c(SCC(=O)Nc2c(C)cccc2C)nnc1-c1cc2cc(Br)ccc2o1. The molecule has 1 amide bonds. The number of nitrogens with zero attached hydrogens (tertiary/aromatic N) is 3. The molecule has 0 saturated heterocycles. The Hall–Kier alpha value is -2.58. The lowest BCUT2D eigenvalue weighted by Gasteiger charge is -2.11. The number of nitrogens with one attached hydrogen (secondary N) is 1. The number of rotatable bonds is 6. The molecule has 6 nitrogen and oxygen atoms in total. The number of anilines is 1. The van der Waals surface area contributed by atoms with Gasteiger partial charge in [-0.2, -0.15) is 0 Å². The molecule has 0 aliphatic carbocycles. The van der Waals surface area contributed by atoms with Crippen LogP contribution in [0.4, 0.5) is 5.69 Å². The quantitative estimate of drug-likeness (QED) is 0.349. The van der Waals surface area contributed by atoms with Crippen LogP contribution in [-0.2, 0) is 11.3 Å². The van der Waals surface area contributed by atoms with Crippen LogP contribution in [-0.4, -0.2) is 26.4 Å². The van der Waals surface area contributed by atoms with Crippen LogP contribution in [0.15, 0.2) is 56.5 Å². The number of amides is 1. The zero-order valence-electron chi connectivity index (χ0n) is 16.9. The third kappa shape index (κ3) is 4.15. The Balaban J connectivity index is 1.51. The number of aryl methyl sites for hydroxylation is 2. The molecule has 0 fully saturated rings. The molecule has 4 rings (SSSR count). The van der Waals surface area contributed by atoms with Crippen molar-refractivity contribution in [3.05, 3.63) is 58.1 Å². The van der Waals surface area contributed by atoms with Crippen LogP contribution in [0.2, 0.25) is 0 Å². The lowest BCUT2D eigenvalue weighted by molar-refractivity contribution is -0.113. The van der Waals surface area contributed by atoms with Gasteiger partial charge in [0.25, 0.3) is 0 Å². The molecular weight excluding hydrogens is 464 g/mol. The molecule has 0 atom stereocenters. The monoisotopic (exact) mass is 484 g/mol. The fraction of sp³-hybridized carbons (Fsp3) is 0.227. The number of thioether (sulfide) groups is 1. The first-order valence-corrected chi connectivity index (χ1v) is 11.4. The molecule has 4 aromatic rings. The van der Waals surface area contributed by atoms with E-state index in [1.165, 1.54) is 11.8 Å². The predicted molar refractivity (Wildman–Crippen MR) is 124 cm³/mol. The summed E-state index contributed by atoms with van der Waals surface area (Å²) < 4.78 is 8.92. The topological polar surface area (TPSA) is 73.0 Å². The number of carbonyl (C=O) groups is 1. The summed E-state index contributed by atoms with van der Waals surface area (Å²) in [6.45, 7) is 6.67. The zero-order chi connectivity index (χ0) is 21.3. The molecule has 0 aliphatic heterocycles. The predicted octanol–water partition coefficient (Wildman–Crippen LogP) is 5.82. The average molecular weight is 485 g/mol. The summed E-state index contributed by atoms with van der Waals surface area (Å²) in [4.78, 5) is 12.5. The smallest absolute Gasteiger partial charge is 0.234 e. The Morgan fingerprint density at radius 3 is 2.67 bits per heavy atom. The van der Waals surface area contributed by atoms with Gasteiger partial charge in [0.2, 0.25) is 11.7 Å². The van der Waals surface area contributed by atoms with Gasteiger partial charge < -0.3 is 9.73 Å². The number of halogens is 1. The molecule has 0 bridgehead atoms. The van der Waals surface area contributed by atoms with Crippen molar-refractivity contribution >= 4 is 50.3 Å². The van der Waals surface area contributed by atoms with E-state index in [-0.39, 0.29) is 11.7 Å². The second-order valence-electron chi connectivity index (χ2n) is 6.95. The minimum Gasteiger partial charge on any atom is -0.453 e. The van der Waals surface area contributed by atoms with Crippen molar-refractivity contribution in [1.29, 1.82) is 0 Å².